The van der Waals surface area contributed by atoms with Gasteiger partial charge in [-0.2, -0.15) is 10.1 Å². The van der Waals surface area contributed by atoms with Gasteiger partial charge in [0.25, 0.3) is 0 Å². The third kappa shape index (κ3) is 4.51. The number of methoxy groups -OCH3 is 1. The van der Waals surface area contributed by atoms with Gasteiger partial charge in [-0.05, 0) is 43.7 Å². The molecular weight excluding hydrogens is 366 g/mol. The van der Waals surface area contributed by atoms with E-state index in [-0.39, 0.29) is 5.95 Å². The number of halogens is 1. The topological polar surface area (TPSA) is 89.0 Å². The van der Waals surface area contributed by atoms with Crippen LogP contribution >= 0.6 is 11.6 Å². The van der Waals surface area contributed by atoms with Gasteiger partial charge in [-0.15, -0.1) is 5.10 Å². The molecule has 0 atom stereocenters. The maximum Gasteiger partial charge on any atom is 0.337 e. The molecule has 0 aliphatic carbocycles. The van der Waals surface area contributed by atoms with Gasteiger partial charge in [0.05, 0.1) is 29.6 Å². The lowest BCUT2D eigenvalue weighted by atomic mass is 10.1. The second kappa shape index (κ2) is 8.01. The molecule has 1 aromatic heterocycles. The second-order valence-electron chi connectivity index (χ2n) is 5.92. The minimum absolute atomic E-state index is 0.244. The van der Waals surface area contributed by atoms with Crippen LogP contribution in [-0.2, 0) is 4.74 Å². The Morgan fingerprint density at radius 2 is 1.89 bits per heavy atom. The lowest BCUT2D eigenvalue weighted by Gasteiger charge is -2.11. The molecule has 0 amide bonds. The molecule has 0 aliphatic rings. The summed E-state index contributed by atoms with van der Waals surface area (Å²) in [5.74, 6) is 0.312. The molecule has 0 fully saturated rings. The van der Waals surface area contributed by atoms with Gasteiger partial charge in [-0.1, -0.05) is 29.3 Å². The summed E-state index contributed by atoms with van der Waals surface area (Å²) in [6, 6.07) is 10.8. The van der Waals surface area contributed by atoms with Crippen LogP contribution in [0.2, 0.25) is 5.02 Å². The molecule has 3 rings (SSSR count). The number of anilines is 4. The van der Waals surface area contributed by atoms with Crippen molar-refractivity contribution in [2.45, 2.75) is 13.8 Å². The Balaban J connectivity index is 1.83. The highest BCUT2D eigenvalue weighted by Crippen LogP contribution is 2.26. The quantitative estimate of drug-likeness (QED) is 0.630. The van der Waals surface area contributed by atoms with Crippen molar-refractivity contribution in [2.24, 2.45) is 0 Å². The lowest BCUT2D eigenvalue weighted by Crippen LogP contribution is -2.05. The van der Waals surface area contributed by atoms with E-state index in [1.807, 2.05) is 26.0 Å². The highest BCUT2D eigenvalue weighted by molar-refractivity contribution is 6.33. The average Bonchev–Trinajstić information content (AvgIpc) is 2.65. The third-order valence-electron chi connectivity index (χ3n) is 3.84. The summed E-state index contributed by atoms with van der Waals surface area (Å²) >= 11 is 6.19. The number of carbonyl (C=O) groups is 1. The molecule has 8 heteroatoms. The zero-order valence-electron chi connectivity index (χ0n) is 15.1. The molecule has 3 aromatic rings. The Morgan fingerprint density at radius 3 is 2.63 bits per heavy atom. The number of nitrogens with one attached hydrogen (secondary N) is 2. The number of aromatic nitrogens is 3. The van der Waals surface area contributed by atoms with Gasteiger partial charge < -0.3 is 15.4 Å². The van der Waals surface area contributed by atoms with Crippen LogP contribution in [0.4, 0.5) is 23.1 Å². The minimum Gasteiger partial charge on any atom is -0.465 e. The van der Waals surface area contributed by atoms with E-state index in [2.05, 4.69) is 31.9 Å². The summed E-state index contributed by atoms with van der Waals surface area (Å²) in [4.78, 5) is 16.1. The van der Waals surface area contributed by atoms with Crippen LogP contribution in [0.25, 0.3) is 0 Å². The Hall–Kier alpha value is -3.19. The van der Waals surface area contributed by atoms with Crippen molar-refractivity contribution >= 4 is 40.7 Å². The number of rotatable bonds is 5. The molecule has 0 spiro atoms. The number of nitrogens with zero attached hydrogens (tertiary/aromatic N) is 3. The molecule has 27 heavy (non-hydrogen) atoms. The van der Waals surface area contributed by atoms with Crippen LogP contribution < -0.4 is 10.6 Å². The smallest absolute Gasteiger partial charge is 0.337 e. The van der Waals surface area contributed by atoms with Gasteiger partial charge in [-0.3, -0.25) is 0 Å². The van der Waals surface area contributed by atoms with E-state index in [0.717, 1.165) is 11.3 Å². The molecular formula is C19H18ClN5O2. The first-order valence-electron chi connectivity index (χ1n) is 8.15. The Bertz CT molecular complexity index is 994. The number of carbonyl (C=O) groups excluding carboxylic acids is 1. The summed E-state index contributed by atoms with van der Waals surface area (Å²) in [6.45, 7) is 4.05. The molecule has 138 valence electrons. The zero-order chi connectivity index (χ0) is 19.4. The minimum atomic E-state index is -0.459. The van der Waals surface area contributed by atoms with E-state index in [9.17, 15) is 4.79 Å². The highest BCUT2D eigenvalue weighted by Gasteiger charge is 2.11. The number of benzene rings is 2. The van der Waals surface area contributed by atoms with Crippen LogP contribution in [-0.4, -0.2) is 28.3 Å². The van der Waals surface area contributed by atoms with E-state index in [1.54, 1.807) is 18.2 Å². The molecule has 7 nitrogen and oxygen atoms in total. The monoisotopic (exact) mass is 383 g/mol. The Morgan fingerprint density at radius 1 is 1.07 bits per heavy atom. The van der Waals surface area contributed by atoms with Crippen LogP contribution in [0, 0.1) is 13.8 Å². The van der Waals surface area contributed by atoms with Crippen LogP contribution in [0.5, 0.6) is 0 Å². The van der Waals surface area contributed by atoms with Crippen LogP contribution in [0.15, 0.2) is 42.6 Å². The van der Waals surface area contributed by atoms with Crippen LogP contribution in [0.1, 0.15) is 21.5 Å². The maximum absolute atomic E-state index is 11.7. The first-order valence-corrected chi connectivity index (χ1v) is 8.53. The van der Waals surface area contributed by atoms with E-state index in [0.29, 0.717) is 22.1 Å². The van der Waals surface area contributed by atoms with Crippen molar-refractivity contribution in [3.05, 3.63) is 64.3 Å². The molecule has 0 unspecified atom stereocenters. The molecule has 0 bridgehead atoms. The number of aryl methyl sites for hydroxylation is 2. The van der Waals surface area contributed by atoms with Crippen molar-refractivity contribution in [1.29, 1.82) is 0 Å². The SMILES string of the molecule is COC(=O)c1ccc(Cl)c(Nc2nncc(Nc3ccc(C)cc3C)n2)c1. The van der Waals surface area contributed by atoms with Crippen molar-refractivity contribution in [3.8, 4) is 0 Å². The number of hydrogen-bond acceptors (Lipinski definition) is 7. The van der Waals surface area contributed by atoms with Gasteiger partial charge >= 0.3 is 5.97 Å². The molecule has 0 radical (unpaired) electrons. The molecule has 0 saturated carbocycles. The highest BCUT2D eigenvalue weighted by atomic mass is 35.5. The summed E-state index contributed by atoms with van der Waals surface area (Å²) in [6.07, 6.45) is 1.52. The Kier molecular flexibility index (Phi) is 5.52. The number of hydrogen-bond donors (Lipinski definition) is 2. The van der Waals surface area contributed by atoms with Crippen LogP contribution in [0.3, 0.4) is 0 Å². The van der Waals surface area contributed by atoms with Crippen molar-refractivity contribution in [1.82, 2.24) is 15.2 Å². The summed E-state index contributed by atoms with van der Waals surface area (Å²) in [7, 11) is 1.32. The fourth-order valence-corrected chi connectivity index (χ4v) is 2.66. The van der Waals surface area contributed by atoms with E-state index >= 15 is 0 Å². The predicted octanol–water partition coefficient (Wildman–Crippen LogP) is 4.42. The normalized spacial score (nSPS) is 10.4. The molecule has 1 heterocycles. The summed E-state index contributed by atoms with van der Waals surface area (Å²) in [5, 5.41) is 14.5. The van der Waals surface area contributed by atoms with Gasteiger partial charge in [0, 0.05) is 5.69 Å². The number of ether oxygens (including phenoxy) is 1. The van der Waals surface area contributed by atoms with Gasteiger partial charge in [0.1, 0.15) is 0 Å². The van der Waals surface area contributed by atoms with E-state index < -0.39 is 5.97 Å². The third-order valence-corrected chi connectivity index (χ3v) is 4.17. The molecule has 2 aromatic carbocycles. The summed E-state index contributed by atoms with van der Waals surface area (Å²) < 4.78 is 4.72. The van der Waals surface area contributed by atoms with E-state index in [1.165, 1.54) is 18.9 Å². The lowest BCUT2D eigenvalue weighted by molar-refractivity contribution is 0.0601. The summed E-state index contributed by atoms with van der Waals surface area (Å²) in [5.41, 5.74) is 4.04. The standard InChI is InChI=1S/C19H18ClN5O2/c1-11-4-7-15(12(2)8-11)22-17-10-21-25-19(24-17)23-16-9-13(18(26)27-3)5-6-14(16)20/h4-10H,1-3H3,(H2,22,23,24,25). The Labute approximate surface area is 161 Å². The fourth-order valence-electron chi connectivity index (χ4n) is 2.49. The molecule has 0 aliphatic heterocycles. The van der Waals surface area contributed by atoms with Crippen molar-refractivity contribution < 1.29 is 9.53 Å². The average molecular weight is 384 g/mol. The van der Waals surface area contributed by atoms with Crippen molar-refractivity contribution in [3.63, 3.8) is 0 Å². The maximum atomic E-state index is 11.7. The second-order valence-corrected chi connectivity index (χ2v) is 6.33. The zero-order valence-corrected chi connectivity index (χ0v) is 15.8. The van der Waals surface area contributed by atoms with Crippen molar-refractivity contribution in [2.75, 3.05) is 17.7 Å². The van der Waals surface area contributed by atoms with Gasteiger partial charge in [0.2, 0.25) is 5.95 Å². The fraction of sp³-hybridized carbons (Fsp3) is 0.158. The van der Waals surface area contributed by atoms with Gasteiger partial charge in [-0.25, -0.2) is 4.79 Å². The molecule has 2 N–H and O–H groups in total. The number of esters is 1. The first kappa shape index (κ1) is 18.6. The predicted molar refractivity (Wildman–Crippen MR) is 105 cm³/mol. The first-order chi connectivity index (χ1) is 13.0. The van der Waals surface area contributed by atoms with Gasteiger partial charge in [0.15, 0.2) is 5.82 Å². The largest absolute Gasteiger partial charge is 0.465 e. The van der Waals surface area contributed by atoms with E-state index in [4.69, 9.17) is 16.3 Å². The molecule has 0 saturated heterocycles.